The Kier molecular flexibility index (Phi) is 9.19. The van der Waals surface area contributed by atoms with E-state index < -0.39 is 11.9 Å². The molecule has 0 radical (unpaired) electrons. The second-order valence-corrected chi connectivity index (χ2v) is 8.90. The molecule has 11 heteroatoms. The summed E-state index contributed by atoms with van der Waals surface area (Å²) in [4.78, 5) is 35.2. The molecule has 0 saturated carbocycles. The Balaban J connectivity index is 0.000000509. The second kappa shape index (κ2) is 11.8. The normalized spacial score (nSPS) is 11.2. The smallest absolute Gasteiger partial charge is 0.293 e. The van der Waals surface area contributed by atoms with Crippen molar-refractivity contribution in [1.82, 2.24) is 15.0 Å². The highest BCUT2D eigenvalue weighted by atomic mass is 32.1. The van der Waals surface area contributed by atoms with Crippen molar-refractivity contribution in [3.63, 3.8) is 0 Å². The standard InChI is InChI=1S/C18H17FN6OS.C5H10O2/c1-10-14(5-12(21-2)8-22-10)25-17(26)13(6-20)18-24-9-15(27-18)11-3-4-16(19)23-7-11;1-5(2,3)7-4-6/h3-9,21H,20H2,1-2H3,(H,25,26);4H,1-3H3/b13-6-;. The van der Waals surface area contributed by atoms with Crippen LogP contribution < -0.4 is 16.4 Å². The van der Waals surface area contributed by atoms with Gasteiger partial charge >= 0.3 is 0 Å². The number of anilines is 2. The van der Waals surface area contributed by atoms with Gasteiger partial charge in [0, 0.05) is 31.2 Å². The lowest BCUT2D eigenvalue weighted by molar-refractivity contribution is -0.138. The zero-order valence-corrected chi connectivity index (χ0v) is 20.4. The van der Waals surface area contributed by atoms with E-state index in [0.29, 0.717) is 28.4 Å². The first-order valence-corrected chi connectivity index (χ1v) is 11.0. The van der Waals surface area contributed by atoms with E-state index in [0.717, 1.165) is 10.6 Å². The second-order valence-electron chi connectivity index (χ2n) is 7.87. The average Bonchev–Trinajstić information content (AvgIpc) is 3.25. The van der Waals surface area contributed by atoms with Crippen LogP contribution in [0.3, 0.4) is 0 Å². The van der Waals surface area contributed by atoms with E-state index >= 15 is 0 Å². The Morgan fingerprint density at radius 3 is 2.44 bits per heavy atom. The number of rotatable bonds is 6. The average molecular weight is 487 g/mol. The number of carbonyl (C=O) groups is 2. The van der Waals surface area contributed by atoms with Gasteiger partial charge in [-0.25, -0.2) is 9.97 Å². The number of nitrogens with two attached hydrogens (primary N) is 1. The van der Waals surface area contributed by atoms with Gasteiger partial charge in [-0.2, -0.15) is 4.39 Å². The minimum Gasteiger partial charge on any atom is -0.462 e. The highest BCUT2D eigenvalue weighted by molar-refractivity contribution is 7.16. The quantitative estimate of drug-likeness (QED) is 0.271. The molecule has 9 nitrogen and oxygen atoms in total. The lowest BCUT2D eigenvalue weighted by atomic mass is 10.2. The fourth-order valence-corrected chi connectivity index (χ4v) is 3.36. The SMILES string of the molecule is CC(C)(C)OC=O.CNc1cnc(C)c(NC(=O)/C(=C/N)c2ncc(-c3ccc(F)nc3)s2)c1. The van der Waals surface area contributed by atoms with Crippen molar-refractivity contribution in [1.29, 1.82) is 0 Å². The number of hydrogen-bond acceptors (Lipinski definition) is 9. The fraction of sp³-hybridized carbons (Fsp3) is 0.261. The Hall–Kier alpha value is -3.86. The van der Waals surface area contributed by atoms with Crippen LogP contribution in [0.5, 0.6) is 0 Å². The van der Waals surface area contributed by atoms with Crippen molar-refractivity contribution in [2.45, 2.75) is 33.3 Å². The third kappa shape index (κ3) is 7.62. The zero-order valence-electron chi connectivity index (χ0n) is 19.5. The first-order valence-electron chi connectivity index (χ1n) is 10.1. The van der Waals surface area contributed by atoms with Crippen LogP contribution in [0.2, 0.25) is 0 Å². The third-order valence-corrected chi connectivity index (χ3v) is 5.26. The highest BCUT2D eigenvalue weighted by Gasteiger charge is 2.18. The molecule has 0 unspecified atom stereocenters. The monoisotopic (exact) mass is 486 g/mol. The highest BCUT2D eigenvalue weighted by Crippen LogP contribution is 2.30. The summed E-state index contributed by atoms with van der Waals surface area (Å²) in [5.74, 6) is -0.952. The number of ether oxygens (including phenoxy) is 1. The maximum Gasteiger partial charge on any atom is 0.293 e. The van der Waals surface area contributed by atoms with E-state index in [1.807, 2.05) is 20.8 Å². The molecule has 0 fully saturated rings. The molecule has 0 saturated heterocycles. The first-order chi connectivity index (χ1) is 16.1. The summed E-state index contributed by atoms with van der Waals surface area (Å²) in [5.41, 5.74) is 8.32. The van der Waals surface area contributed by atoms with E-state index in [1.165, 1.54) is 29.8 Å². The molecular formula is C23H27FN6O3S. The van der Waals surface area contributed by atoms with Crippen LogP contribution >= 0.6 is 11.3 Å². The third-order valence-electron chi connectivity index (χ3n) is 4.18. The molecule has 3 aromatic rings. The molecule has 4 N–H and O–H groups in total. The lowest BCUT2D eigenvalue weighted by Crippen LogP contribution is -2.17. The summed E-state index contributed by atoms with van der Waals surface area (Å²) >= 11 is 1.26. The molecule has 0 aliphatic carbocycles. The van der Waals surface area contributed by atoms with Gasteiger partial charge in [-0.15, -0.1) is 11.3 Å². The van der Waals surface area contributed by atoms with Crippen molar-refractivity contribution in [2.24, 2.45) is 5.73 Å². The van der Waals surface area contributed by atoms with Crippen molar-refractivity contribution >= 4 is 40.7 Å². The molecule has 0 aromatic carbocycles. The van der Waals surface area contributed by atoms with Gasteiger partial charge in [0.2, 0.25) is 5.95 Å². The topological polar surface area (TPSA) is 132 Å². The fourth-order valence-electron chi connectivity index (χ4n) is 2.43. The van der Waals surface area contributed by atoms with Crippen LogP contribution in [0.1, 0.15) is 31.5 Å². The van der Waals surface area contributed by atoms with Crippen LogP contribution in [0, 0.1) is 12.9 Å². The Morgan fingerprint density at radius 2 is 1.91 bits per heavy atom. The summed E-state index contributed by atoms with van der Waals surface area (Å²) in [7, 11) is 1.77. The molecular weight excluding hydrogens is 459 g/mol. The summed E-state index contributed by atoms with van der Waals surface area (Å²) in [5, 5.41) is 6.23. The van der Waals surface area contributed by atoms with Crippen molar-refractivity contribution in [3.05, 3.63) is 59.6 Å². The number of pyridine rings is 2. The van der Waals surface area contributed by atoms with Gasteiger partial charge in [0.1, 0.15) is 10.6 Å². The number of carbonyl (C=O) groups excluding carboxylic acids is 2. The Morgan fingerprint density at radius 1 is 1.18 bits per heavy atom. The van der Waals surface area contributed by atoms with E-state index in [4.69, 9.17) is 5.73 Å². The molecule has 180 valence electrons. The van der Waals surface area contributed by atoms with Crippen LogP contribution in [0.25, 0.3) is 16.0 Å². The first kappa shape index (κ1) is 26.4. The zero-order chi connectivity index (χ0) is 25.3. The minimum atomic E-state index is -0.557. The molecule has 0 atom stereocenters. The van der Waals surface area contributed by atoms with Gasteiger partial charge in [0.25, 0.3) is 12.4 Å². The van der Waals surface area contributed by atoms with Gasteiger partial charge in [0.05, 0.1) is 33.7 Å². The summed E-state index contributed by atoms with van der Waals surface area (Å²) in [6.45, 7) is 7.72. The number of hydrogen-bond donors (Lipinski definition) is 3. The van der Waals surface area contributed by atoms with E-state index in [-0.39, 0.29) is 11.2 Å². The van der Waals surface area contributed by atoms with Crippen LogP contribution in [-0.2, 0) is 14.3 Å². The number of halogens is 1. The number of aromatic nitrogens is 3. The molecule has 1 amide bonds. The predicted molar refractivity (Wildman–Crippen MR) is 132 cm³/mol. The molecule has 3 rings (SSSR count). The van der Waals surface area contributed by atoms with Gasteiger partial charge in [-0.05, 0) is 45.9 Å². The molecule has 0 spiro atoms. The largest absolute Gasteiger partial charge is 0.462 e. The van der Waals surface area contributed by atoms with E-state index in [2.05, 4.69) is 30.3 Å². The van der Waals surface area contributed by atoms with Gasteiger partial charge in [-0.1, -0.05) is 0 Å². The molecule has 0 aliphatic heterocycles. The molecule has 3 heterocycles. The number of thiazole rings is 1. The minimum absolute atomic E-state index is 0.232. The number of aryl methyl sites for hydroxylation is 1. The van der Waals surface area contributed by atoms with Crippen molar-refractivity contribution in [2.75, 3.05) is 17.7 Å². The van der Waals surface area contributed by atoms with Crippen LogP contribution in [0.4, 0.5) is 15.8 Å². The van der Waals surface area contributed by atoms with E-state index in [9.17, 15) is 14.0 Å². The number of nitrogens with zero attached hydrogens (tertiary/aromatic N) is 3. The maximum absolute atomic E-state index is 13.0. The van der Waals surface area contributed by atoms with Crippen LogP contribution in [0.15, 0.2) is 43.0 Å². The molecule has 34 heavy (non-hydrogen) atoms. The predicted octanol–water partition coefficient (Wildman–Crippen LogP) is 3.99. The van der Waals surface area contributed by atoms with Crippen molar-refractivity contribution < 1.29 is 18.7 Å². The summed E-state index contributed by atoms with van der Waals surface area (Å²) in [6, 6.07) is 4.65. The van der Waals surface area contributed by atoms with E-state index in [1.54, 1.807) is 38.5 Å². The Labute approximate surface area is 201 Å². The van der Waals surface area contributed by atoms with Crippen LogP contribution in [-0.4, -0.2) is 40.0 Å². The molecule has 3 aromatic heterocycles. The maximum atomic E-state index is 13.0. The summed E-state index contributed by atoms with van der Waals surface area (Å²) in [6.07, 6.45) is 5.90. The van der Waals surface area contributed by atoms with Gasteiger partial charge < -0.3 is 21.1 Å². The number of nitrogens with one attached hydrogen (secondary N) is 2. The Bertz CT molecular complexity index is 1160. The lowest BCUT2D eigenvalue weighted by Gasteiger charge is -2.14. The van der Waals surface area contributed by atoms with Gasteiger partial charge in [-0.3, -0.25) is 14.6 Å². The molecule has 0 aliphatic rings. The summed E-state index contributed by atoms with van der Waals surface area (Å²) < 4.78 is 17.5. The van der Waals surface area contributed by atoms with Crippen molar-refractivity contribution in [3.8, 4) is 10.4 Å². The van der Waals surface area contributed by atoms with Gasteiger partial charge in [0.15, 0.2) is 0 Å². The number of amides is 1. The molecule has 0 bridgehead atoms.